The van der Waals surface area contributed by atoms with E-state index in [4.69, 9.17) is 5.11 Å². The van der Waals surface area contributed by atoms with Crippen molar-refractivity contribution in [2.45, 2.75) is 25.9 Å². The fourth-order valence-electron chi connectivity index (χ4n) is 2.47. The molecule has 0 aromatic heterocycles. The molecule has 1 saturated heterocycles. The molecule has 2 N–H and O–H groups in total. The maximum atomic E-state index is 10.7. The van der Waals surface area contributed by atoms with Gasteiger partial charge in [-0.2, -0.15) is 0 Å². The van der Waals surface area contributed by atoms with Crippen LogP contribution in [-0.4, -0.2) is 35.2 Å². The first kappa shape index (κ1) is 12.9. The third-order valence-corrected chi connectivity index (χ3v) is 3.60. The van der Waals surface area contributed by atoms with Gasteiger partial charge < -0.3 is 10.4 Å². The molecule has 2 atom stereocenters. The Bertz CT molecular complexity index is 394. The molecule has 1 amide bonds. The number of piperidine rings is 1. The first-order valence-corrected chi connectivity index (χ1v) is 6.41. The summed E-state index contributed by atoms with van der Waals surface area (Å²) in [7, 11) is 0. The highest BCUT2D eigenvalue weighted by atomic mass is 16.4. The summed E-state index contributed by atoms with van der Waals surface area (Å²) in [5.41, 5.74) is 1.28. The maximum absolute atomic E-state index is 10.7. The maximum Gasteiger partial charge on any atom is 0.404 e. The number of carbonyl (C=O) groups is 1. The van der Waals surface area contributed by atoms with Gasteiger partial charge in [0.15, 0.2) is 0 Å². The Morgan fingerprint density at radius 2 is 2.17 bits per heavy atom. The number of benzene rings is 1. The number of amides is 1. The predicted molar refractivity (Wildman–Crippen MR) is 70.4 cm³/mol. The second-order valence-electron chi connectivity index (χ2n) is 5.04. The number of rotatable bonds is 3. The van der Waals surface area contributed by atoms with E-state index >= 15 is 0 Å². The van der Waals surface area contributed by atoms with Crippen molar-refractivity contribution in [2.75, 3.05) is 13.1 Å². The minimum absolute atomic E-state index is 0.0416. The molecule has 0 saturated carbocycles. The Labute approximate surface area is 108 Å². The molecule has 1 aromatic carbocycles. The van der Waals surface area contributed by atoms with E-state index in [0.717, 1.165) is 26.1 Å². The summed E-state index contributed by atoms with van der Waals surface area (Å²) in [6, 6.07) is 10.3. The molecule has 0 radical (unpaired) electrons. The Morgan fingerprint density at radius 1 is 1.44 bits per heavy atom. The van der Waals surface area contributed by atoms with Gasteiger partial charge in [0.1, 0.15) is 0 Å². The SMILES string of the molecule is C[C@@H]1CCN(Cc2ccccc2)C[C@H]1NC(=O)O. The highest BCUT2D eigenvalue weighted by Crippen LogP contribution is 2.19. The van der Waals surface area contributed by atoms with Crippen LogP contribution in [0.25, 0.3) is 0 Å². The molecule has 0 bridgehead atoms. The van der Waals surface area contributed by atoms with Crippen LogP contribution in [0.2, 0.25) is 0 Å². The molecule has 1 aliphatic rings. The van der Waals surface area contributed by atoms with Crippen LogP contribution in [-0.2, 0) is 6.54 Å². The van der Waals surface area contributed by atoms with Crippen LogP contribution in [0.15, 0.2) is 30.3 Å². The Kier molecular flexibility index (Phi) is 4.20. The van der Waals surface area contributed by atoms with Crippen molar-refractivity contribution < 1.29 is 9.90 Å². The lowest BCUT2D eigenvalue weighted by Crippen LogP contribution is -2.51. The normalized spacial score (nSPS) is 24.7. The molecular formula is C14H20N2O2. The van der Waals surface area contributed by atoms with Crippen molar-refractivity contribution in [3.05, 3.63) is 35.9 Å². The van der Waals surface area contributed by atoms with Crippen LogP contribution in [0.1, 0.15) is 18.9 Å². The van der Waals surface area contributed by atoms with Crippen molar-refractivity contribution >= 4 is 6.09 Å². The van der Waals surface area contributed by atoms with E-state index in [9.17, 15) is 4.79 Å². The van der Waals surface area contributed by atoms with Crippen molar-refractivity contribution in [1.82, 2.24) is 10.2 Å². The van der Waals surface area contributed by atoms with Crippen LogP contribution in [0.4, 0.5) is 4.79 Å². The number of hydrogen-bond acceptors (Lipinski definition) is 2. The van der Waals surface area contributed by atoms with E-state index in [0.29, 0.717) is 5.92 Å². The predicted octanol–water partition coefficient (Wildman–Crippen LogP) is 2.16. The van der Waals surface area contributed by atoms with Gasteiger partial charge in [0.25, 0.3) is 0 Å². The van der Waals surface area contributed by atoms with E-state index < -0.39 is 6.09 Å². The van der Waals surface area contributed by atoms with E-state index in [1.165, 1.54) is 5.56 Å². The smallest absolute Gasteiger partial charge is 0.404 e. The van der Waals surface area contributed by atoms with Gasteiger partial charge in [0.05, 0.1) is 0 Å². The third-order valence-electron chi connectivity index (χ3n) is 3.60. The molecule has 1 aromatic rings. The van der Waals surface area contributed by atoms with Crippen LogP contribution >= 0.6 is 0 Å². The van der Waals surface area contributed by atoms with Gasteiger partial charge in [-0.15, -0.1) is 0 Å². The molecular weight excluding hydrogens is 228 g/mol. The highest BCUT2D eigenvalue weighted by molar-refractivity contribution is 5.64. The largest absolute Gasteiger partial charge is 0.465 e. The molecule has 4 nitrogen and oxygen atoms in total. The lowest BCUT2D eigenvalue weighted by Gasteiger charge is -2.36. The van der Waals surface area contributed by atoms with Gasteiger partial charge in [-0.1, -0.05) is 37.3 Å². The summed E-state index contributed by atoms with van der Waals surface area (Å²) in [5, 5.41) is 11.5. The molecule has 0 unspecified atom stereocenters. The van der Waals surface area contributed by atoms with Gasteiger partial charge in [0.2, 0.25) is 0 Å². The van der Waals surface area contributed by atoms with Crippen LogP contribution in [0.3, 0.4) is 0 Å². The lowest BCUT2D eigenvalue weighted by molar-refractivity contribution is 0.131. The van der Waals surface area contributed by atoms with Gasteiger partial charge in [0, 0.05) is 19.1 Å². The molecule has 2 rings (SSSR count). The summed E-state index contributed by atoms with van der Waals surface area (Å²) in [5.74, 6) is 0.410. The van der Waals surface area contributed by atoms with E-state index in [-0.39, 0.29) is 6.04 Å². The third kappa shape index (κ3) is 3.47. The van der Waals surface area contributed by atoms with E-state index in [2.05, 4.69) is 29.3 Å². The number of likely N-dealkylation sites (tertiary alicyclic amines) is 1. The molecule has 18 heavy (non-hydrogen) atoms. The van der Waals surface area contributed by atoms with Gasteiger partial charge in [-0.05, 0) is 24.4 Å². The summed E-state index contributed by atoms with van der Waals surface area (Å²) < 4.78 is 0. The Hall–Kier alpha value is -1.55. The summed E-state index contributed by atoms with van der Waals surface area (Å²) in [4.78, 5) is 13.1. The number of hydrogen-bond donors (Lipinski definition) is 2. The minimum Gasteiger partial charge on any atom is -0.465 e. The fourth-order valence-corrected chi connectivity index (χ4v) is 2.47. The molecule has 98 valence electrons. The minimum atomic E-state index is -0.923. The number of nitrogens with zero attached hydrogens (tertiary/aromatic N) is 1. The Balaban J connectivity index is 1.93. The monoisotopic (exact) mass is 248 g/mol. The molecule has 0 spiro atoms. The first-order valence-electron chi connectivity index (χ1n) is 6.41. The average molecular weight is 248 g/mol. The van der Waals surface area contributed by atoms with E-state index in [1.54, 1.807) is 0 Å². The van der Waals surface area contributed by atoms with Gasteiger partial charge in [-0.25, -0.2) is 4.79 Å². The summed E-state index contributed by atoms with van der Waals surface area (Å²) >= 11 is 0. The molecule has 4 heteroatoms. The van der Waals surface area contributed by atoms with Gasteiger partial charge >= 0.3 is 6.09 Å². The zero-order valence-electron chi connectivity index (χ0n) is 10.7. The molecule has 1 fully saturated rings. The number of nitrogens with one attached hydrogen (secondary N) is 1. The second-order valence-corrected chi connectivity index (χ2v) is 5.04. The lowest BCUT2D eigenvalue weighted by atomic mass is 9.93. The first-order chi connectivity index (χ1) is 8.65. The number of carboxylic acid groups (broad SMARTS) is 1. The average Bonchev–Trinajstić information content (AvgIpc) is 2.34. The zero-order chi connectivity index (χ0) is 13.0. The van der Waals surface area contributed by atoms with Gasteiger partial charge in [-0.3, -0.25) is 4.90 Å². The highest BCUT2D eigenvalue weighted by Gasteiger charge is 2.27. The van der Waals surface area contributed by atoms with Crippen LogP contribution in [0.5, 0.6) is 0 Å². The molecule has 1 aliphatic heterocycles. The standard InChI is InChI=1S/C14H20N2O2/c1-11-7-8-16(10-13(11)15-14(17)18)9-12-5-3-2-4-6-12/h2-6,11,13,15H,7-10H2,1H3,(H,17,18)/t11-,13-/m1/s1. The zero-order valence-corrected chi connectivity index (χ0v) is 10.7. The van der Waals surface area contributed by atoms with Crippen LogP contribution in [0, 0.1) is 5.92 Å². The van der Waals surface area contributed by atoms with Crippen molar-refractivity contribution in [3.63, 3.8) is 0 Å². The summed E-state index contributed by atoms with van der Waals surface area (Å²) in [6.45, 7) is 4.84. The van der Waals surface area contributed by atoms with Crippen molar-refractivity contribution in [3.8, 4) is 0 Å². The molecule has 0 aliphatic carbocycles. The quantitative estimate of drug-likeness (QED) is 0.862. The molecule has 1 heterocycles. The van der Waals surface area contributed by atoms with Crippen molar-refractivity contribution in [2.24, 2.45) is 5.92 Å². The summed E-state index contributed by atoms with van der Waals surface area (Å²) in [6.07, 6.45) is 0.117. The fraction of sp³-hybridized carbons (Fsp3) is 0.500. The second kappa shape index (κ2) is 5.87. The van der Waals surface area contributed by atoms with E-state index in [1.807, 2.05) is 18.2 Å². The van der Waals surface area contributed by atoms with Crippen LogP contribution < -0.4 is 5.32 Å². The Morgan fingerprint density at radius 3 is 2.83 bits per heavy atom. The topological polar surface area (TPSA) is 52.6 Å². The van der Waals surface area contributed by atoms with Crippen molar-refractivity contribution in [1.29, 1.82) is 0 Å².